The summed E-state index contributed by atoms with van der Waals surface area (Å²) in [4.78, 5) is 0. The Morgan fingerprint density at radius 1 is 0.778 bits per heavy atom. The number of nitrogens with one attached hydrogen (secondary N) is 1. The molecule has 0 radical (unpaired) electrons. The summed E-state index contributed by atoms with van der Waals surface area (Å²) >= 11 is 0. The van der Waals surface area contributed by atoms with Crippen LogP contribution in [0.25, 0.3) is 0 Å². The average Bonchev–Trinajstić information content (AvgIpc) is 2.41. The summed E-state index contributed by atoms with van der Waals surface area (Å²) in [7, 11) is 1.91. The highest BCUT2D eigenvalue weighted by atomic mass is 35.5. The van der Waals surface area contributed by atoms with Crippen LogP contribution in [-0.4, -0.2) is 7.05 Å². The molecule has 0 aliphatic heterocycles. The first-order valence-electron chi connectivity index (χ1n) is 6.01. The van der Waals surface area contributed by atoms with E-state index in [9.17, 15) is 0 Å². The zero-order chi connectivity index (χ0) is 12.5. The molecule has 2 aromatic rings. The molecule has 0 spiro atoms. The third kappa shape index (κ3) is 6.31. The Kier molecular flexibility index (Phi) is 8.77. The third-order valence-corrected chi connectivity index (χ3v) is 2.53. The summed E-state index contributed by atoms with van der Waals surface area (Å²) in [5, 5.41) is 3.03. The first-order chi connectivity index (χ1) is 8.24. The van der Waals surface area contributed by atoms with Gasteiger partial charge in [0.25, 0.3) is 0 Å². The number of para-hydroxylation sites is 1. The molecule has 0 aliphatic carbocycles. The molecule has 0 saturated heterocycles. The van der Waals surface area contributed by atoms with E-state index in [4.69, 9.17) is 0 Å². The number of hydrogen-bond donors (Lipinski definition) is 1. The summed E-state index contributed by atoms with van der Waals surface area (Å²) in [5.74, 6) is 0.659. The van der Waals surface area contributed by atoms with Crippen LogP contribution in [-0.2, 0) is 0 Å². The van der Waals surface area contributed by atoms with Crippen LogP contribution in [0.5, 0.6) is 0 Å². The lowest BCUT2D eigenvalue weighted by Crippen LogP contribution is -1.84. The molecule has 2 rings (SSSR count). The van der Waals surface area contributed by atoms with Crippen molar-refractivity contribution in [3.8, 4) is 0 Å². The first kappa shape index (κ1) is 16.5. The number of benzene rings is 2. The molecule has 2 aromatic carbocycles. The minimum absolute atomic E-state index is 0. The standard InChI is InChI=1S/C9H12.C7H9N.ClH/c1-8(2)9-6-4-3-5-7-9;1-8-7-5-3-2-4-6-7;/h3-8H,1-2H3;2-6,8H,1H3;1H. The van der Waals surface area contributed by atoms with Crippen molar-refractivity contribution in [2.75, 3.05) is 12.4 Å². The fourth-order valence-corrected chi connectivity index (χ4v) is 1.44. The van der Waals surface area contributed by atoms with Gasteiger partial charge in [-0.2, -0.15) is 0 Å². The van der Waals surface area contributed by atoms with Crippen LogP contribution in [0.4, 0.5) is 5.69 Å². The van der Waals surface area contributed by atoms with Gasteiger partial charge in [-0.25, -0.2) is 0 Å². The van der Waals surface area contributed by atoms with Crippen LogP contribution in [0.15, 0.2) is 60.7 Å². The predicted octanol–water partition coefficient (Wildman–Crippen LogP) is 4.96. The molecule has 0 saturated carbocycles. The zero-order valence-electron chi connectivity index (χ0n) is 11.3. The lowest BCUT2D eigenvalue weighted by Gasteiger charge is -2.01. The van der Waals surface area contributed by atoms with Crippen molar-refractivity contribution in [3.63, 3.8) is 0 Å². The topological polar surface area (TPSA) is 12.0 Å². The maximum absolute atomic E-state index is 3.03. The molecular formula is C16H22ClN. The van der Waals surface area contributed by atoms with Crippen molar-refractivity contribution in [2.45, 2.75) is 19.8 Å². The monoisotopic (exact) mass is 263 g/mol. The minimum atomic E-state index is 0. The first-order valence-corrected chi connectivity index (χ1v) is 6.01. The van der Waals surface area contributed by atoms with Crippen molar-refractivity contribution in [1.82, 2.24) is 0 Å². The second kappa shape index (κ2) is 9.55. The Balaban J connectivity index is 0.000000306. The smallest absolute Gasteiger partial charge is 0.0337 e. The molecule has 98 valence electrons. The molecule has 0 aromatic heterocycles. The number of hydrogen-bond acceptors (Lipinski definition) is 1. The SMILES string of the molecule is CC(C)c1ccccc1.CNc1ccccc1.Cl. The fourth-order valence-electron chi connectivity index (χ4n) is 1.44. The van der Waals surface area contributed by atoms with Gasteiger partial charge < -0.3 is 5.32 Å². The summed E-state index contributed by atoms with van der Waals surface area (Å²) in [6, 6.07) is 20.6. The molecule has 0 heterocycles. The van der Waals surface area contributed by atoms with Crippen molar-refractivity contribution < 1.29 is 0 Å². The second-order valence-electron chi connectivity index (χ2n) is 4.18. The van der Waals surface area contributed by atoms with E-state index < -0.39 is 0 Å². The van der Waals surface area contributed by atoms with Gasteiger partial charge in [0, 0.05) is 12.7 Å². The molecule has 1 N–H and O–H groups in total. The molecule has 1 nitrogen and oxygen atoms in total. The highest BCUT2D eigenvalue weighted by Crippen LogP contribution is 2.11. The van der Waals surface area contributed by atoms with E-state index in [1.807, 2.05) is 43.4 Å². The largest absolute Gasteiger partial charge is 0.388 e. The number of anilines is 1. The maximum Gasteiger partial charge on any atom is 0.0337 e. The van der Waals surface area contributed by atoms with E-state index in [1.165, 1.54) is 5.56 Å². The van der Waals surface area contributed by atoms with Crippen LogP contribution < -0.4 is 5.32 Å². The molecular weight excluding hydrogens is 242 g/mol. The van der Waals surface area contributed by atoms with Crippen molar-refractivity contribution in [3.05, 3.63) is 66.2 Å². The third-order valence-electron chi connectivity index (χ3n) is 2.53. The minimum Gasteiger partial charge on any atom is -0.388 e. The van der Waals surface area contributed by atoms with Gasteiger partial charge in [0.2, 0.25) is 0 Å². The van der Waals surface area contributed by atoms with Gasteiger partial charge >= 0.3 is 0 Å². The lowest BCUT2D eigenvalue weighted by atomic mass is 10.0. The van der Waals surface area contributed by atoms with Crippen LogP contribution in [0.1, 0.15) is 25.3 Å². The predicted molar refractivity (Wildman–Crippen MR) is 83.8 cm³/mol. The van der Waals surface area contributed by atoms with Gasteiger partial charge in [-0.15, -0.1) is 12.4 Å². The van der Waals surface area contributed by atoms with Gasteiger partial charge in [0.1, 0.15) is 0 Å². The van der Waals surface area contributed by atoms with E-state index >= 15 is 0 Å². The van der Waals surface area contributed by atoms with Crippen LogP contribution in [0.2, 0.25) is 0 Å². The molecule has 0 atom stereocenters. The molecule has 0 unspecified atom stereocenters. The molecule has 0 aliphatic rings. The molecule has 2 heteroatoms. The van der Waals surface area contributed by atoms with E-state index in [0.29, 0.717) is 5.92 Å². The summed E-state index contributed by atoms with van der Waals surface area (Å²) in [6.45, 7) is 4.41. The van der Waals surface area contributed by atoms with Gasteiger partial charge in [-0.05, 0) is 23.6 Å². The van der Waals surface area contributed by atoms with Crippen molar-refractivity contribution in [2.24, 2.45) is 0 Å². The van der Waals surface area contributed by atoms with Crippen LogP contribution in [0, 0.1) is 0 Å². The van der Waals surface area contributed by atoms with Gasteiger partial charge in [-0.3, -0.25) is 0 Å². The fraction of sp³-hybridized carbons (Fsp3) is 0.250. The summed E-state index contributed by atoms with van der Waals surface area (Å²) in [6.07, 6.45) is 0. The molecule has 0 bridgehead atoms. The Morgan fingerprint density at radius 2 is 1.22 bits per heavy atom. The van der Waals surface area contributed by atoms with Crippen molar-refractivity contribution >= 4 is 18.1 Å². The maximum atomic E-state index is 3.03. The van der Waals surface area contributed by atoms with Crippen LogP contribution >= 0.6 is 12.4 Å². The molecule has 0 amide bonds. The summed E-state index contributed by atoms with van der Waals surface area (Å²) in [5.41, 5.74) is 2.57. The van der Waals surface area contributed by atoms with E-state index in [1.54, 1.807) is 0 Å². The molecule has 0 fully saturated rings. The number of rotatable bonds is 2. The lowest BCUT2D eigenvalue weighted by molar-refractivity contribution is 0.867. The zero-order valence-corrected chi connectivity index (χ0v) is 12.1. The Hall–Kier alpha value is -1.47. The van der Waals surface area contributed by atoms with Crippen molar-refractivity contribution in [1.29, 1.82) is 0 Å². The normalized spacial score (nSPS) is 8.89. The highest BCUT2D eigenvalue weighted by Gasteiger charge is 1.93. The number of halogens is 1. The van der Waals surface area contributed by atoms with E-state index in [-0.39, 0.29) is 12.4 Å². The summed E-state index contributed by atoms with van der Waals surface area (Å²) < 4.78 is 0. The van der Waals surface area contributed by atoms with E-state index in [0.717, 1.165) is 5.69 Å². The Morgan fingerprint density at radius 3 is 1.50 bits per heavy atom. The highest BCUT2D eigenvalue weighted by molar-refractivity contribution is 5.85. The average molecular weight is 264 g/mol. The van der Waals surface area contributed by atoms with Gasteiger partial charge in [0.15, 0.2) is 0 Å². The Labute approximate surface area is 117 Å². The van der Waals surface area contributed by atoms with E-state index in [2.05, 4.69) is 43.4 Å². The second-order valence-corrected chi connectivity index (χ2v) is 4.18. The van der Waals surface area contributed by atoms with Gasteiger partial charge in [-0.1, -0.05) is 62.4 Å². The Bertz CT molecular complexity index is 398. The van der Waals surface area contributed by atoms with Gasteiger partial charge in [0.05, 0.1) is 0 Å². The van der Waals surface area contributed by atoms with Crippen LogP contribution in [0.3, 0.4) is 0 Å². The molecule has 18 heavy (non-hydrogen) atoms. The quantitative estimate of drug-likeness (QED) is 0.808.